The summed E-state index contributed by atoms with van der Waals surface area (Å²) < 4.78 is 0. The van der Waals surface area contributed by atoms with E-state index in [1.54, 1.807) is 25.1 Å². The largest absolute Gasteiger partial charge is 0.322 e. The molecule has 0 saturated heterocycles. The summed E-state index contributed by atoms with van der Waals surface area (Å²) in [6.45, 7) is 1.76. The van der Waals surface area contributed by atoms with Gasteiger partial charge in [0.15, 0.2) is 0 Å². The van der Waals surface area contributed by atoms with Gasteiger partial charge in [-0.25, -0.2) is 4.98 Å². The molecule has 0 spiro atoms. The highest BCUT2D eigenvalue weighted by Crippen LogP contribution is 2.24. The molecule has 1 aromatic carbocycles. The van der Waals surface area contributed by atoms with E-state index in [-0.39, 0.29) is 10.7 Å². The number of nitro groups is 1. The second-order valence-electron chi connectivity index (χ2n) is 4.19. The summed E-state index contributed by atoms with van der Waals surface area (Å²) in [5.41, 5.74) is 0.670. The maximum absolute atomic E-state index is 12.2. The first kappa shape index (κ1) is 15.2. The summed E-state index contributed by atoms with van der Waals surface area (Å²) >= 11 is 11.5. The van der Waals surface area contributed by atoms with Crippen molar-refractivity contribution in [3.05, 3.63) is 61.9 Å². The number of aromatic nitrogens is 1. The van der Waals surface area contributed by atoms with Gasteiger partial charge in [-0.3, -0.25) is 14.9 Å². The number of carbonyl (C=O) groups is 1. The van der Waals surface area contributed by atoms with Crippen molar-refractivity contribution in [3.8, 4) is 0 Å². The minimum absolute atomic E-state index is 0.00132. The molecule has 2 aromatic rings. The Balaban J connectivity index is 2.36. The van der Waals surface area contributed by atoms with Crippen molar-refractivity contribution in [2.75, 3.05) is 5.32 Å². The number of amides is 1. The Morgan fingerprint density at radius 2 is 2.05 bits per heavy atom. The van der Waals surface area contributed by atoms with Crippen LogP contribution in [0.1, 0.15) is 15.9 Å². The van der Waals surface area contributed by atoms with Gasteiger partial charge < -0.3 is 5.32 Å². The fraction of sp³-hybridized carbons (Fsp3) is 0.0769. The van der Waals surface area contributed by atoms with Crippen molar-refractivity contribution in [2.24, 2.45) is 0 Å². The first-order valence-corrected chi connectivity index (χ1v) is 6.51. The Kier molecular flexibility index (Phi) is 4.40. The predicted molar refractivity (Wildman–Crippen MR) is 80.0 cm³/mol. The predicted octanol–water partition coefficient (Wildman–Crippen LogP) is 3.86. The topological polar surface area (TPSA) is 85.1 Å². The number of anilines is 1. The number of pyridine rings is 1. The monoisotopic (exact) mass is 325 g/mol. The molecule has 0 aliphatic carbocycles. The van der Waals surface area contributed by atoms with Crippen LogP contribution in [0.15, 0.2) is 30.5 Å². The average Bonchev–Trinajstić information content (AvgIpc) is 2.41. The first-order valence-electron chi connectivity index (χ1n) is 5.76. The van der Waals surface area contributed by atoms with Gasteiger partial charge in [0.25, 0.3) is 11.6 Å². The molecular weight excluding hydrogens is 317 g/mol. The van der Waals surface area contributed by atoms with Gasteiger partial charge in [0.1, 0.15) is 16.9 Å². The van der Waals surface area contributed by atoms with E-state index >= 15 is 0 Å². The maximum atomic E-state index is 12.2. The number of halogens is 2. The highest BCUT2D eigenvalue weighted by molar-refractivity contribution is 6.31. The Labute approximate surface area is 129 Å². The molecule has 108 valence electrons. The summed E-state index contributed by atoms with van der Waals surface area (Å²) in [7, 11) is 0. The zero-order valence-electron chi connectivity index (χ0n) is 10.8. The Morgan fingerprint density at radius 1 is 1.33 bits per heavy atom. The van der Waals surface area contributed by atoms with E-state index in [2.05, 4.69) is 10.3 Å². The van der Waals surface area contributed by atoms with E-state index in [9.17, 15) is 14.9 Å². The van der Waals surface area contributed by atoms with Crippen molar-refractivity contribution in [1.82, 2.24) is 4.98 Å². The van der Waals surface area contributed by atoms with Crippen LogP contribution in [0.4, 0.5) is 11.4 Å². The summed E-state index contributed by atoms with van der Waals surface area (Å²) in [5.74, 6) is -0.642. The van der Waals surface area contributed by atoms with Crippen molar-refractivity contribution in [1.29, 1.82) is 0 Å². The fourth-order valence-electron chi connectivity index (χ4n) is 1.71. The van der Waals surface area contributed by atoms with Gasteiger partial charge in [-0.15, -0.1) is 0 Å². The number of aryl methyl sites for hydroxylation is 1. The third-order valence-corrected chi connectivity index (χ3v) is 3.17. The van der Waals surface area contributed by atoms with Gasteiger partial charge >= 0.3 is 0 Å². The summed E-state index contributed by atoms with van der Waals surface area (Å²) in [4.78, 5) is 26.0. The summed E-state index contributed by atoms with van der Waals surface area (Å²) in [6.07, 6.45) is 0.950. The normalized spacial score (nSPS) is 10.2. The van der Waals surface area contributed by atoms with Crippen LogP contribution < -0.4 is 5.32 Å². The van der Waals surface area contributed by atoms with Gasteiger partial charge in [-0.1, -0.05) is 23.2 Å². The molecule has 1 amide bonds. The van der Waals surface area contributed by atoms with Gasteiger partial charge in [-0.05, 0) is 36.8 Å². The molecule has 0 saturated carbocycles. The van der Waals surface area contributed by atoms with E-state index in [0.29, 0.717) is 10.7 Å². The van der Waals surface area contributed by atoms with Crippen LogP contribution in [0.5, 0.6) is 0 Å². The van der Waals surface area contributed by atoms with E-state index in [1.165, 1.54) is 0 Å². The molecule has 1 heterocycles. The number of carbonyl (C=O) groups excluding carboxylic acids is 1. The molecule has 0 atom stereocenters. The van der Waals surface area contributed by atoms with Crippen molar-refractivity contribution in [3.63, 3.8) is 0 Å². The number of hydrogen-bond donors (Lipinski definition) is 1. The van der Waals surface area contributed by atoms with Crippen molar-refractivity contribution in [2.45, 2.75) is 6.92 Å². The zero-order valence-corrected chi connectivity index (χ0v) is 12.3. The van der Waals surface area contributed by atoms with E-state index in [0.717, 1.165) is 17.8 Å². The van der Waals surface area contributed by atoms with Crippen LogP contribution in [0.25, 0.3) is 0 Å². The zero-order chi connectivity index (χ0) is 15.6. The van der Waals surface area contributed by atoms with E-state index in [1.807, 2.05) is 0 Å². The lowest BCUT2D eigenvalue weighted by atomic mass is 10.1. The molecule has 2 rings (SSSR count). The number of nitrogens with one attached hydrogen (secondary N) is 1. The molecule has 0 aliphatic heterocycles. The van der Waals surface area contributed by atoms with Crippen LogP contribution in [0.3, 0.4) is 0 Å². The van der Waals surface area contributed by atoms with Gasteiger partial charge in [0.2, 0.25) is 0 Å². The van der Waals surface area contributed by atoms with Crippen molar-refractivity contribution >= 4 is 40.5 Å². The second kappa shape index (κ2) is 6.07. The minimum Gasteiger partial charge on any atom is -0.322 e. The standard InChI is InChI=1S/C13H9Cl2N3O3/c1-7-4-8(14)2-3-10(7)17-13(19)9-5-12(15)16-6-11(9)18(20)21/h2-6H,1H3,(H,17,19). The van der Waals surface area contributed by atoms with Crippen LogP contribution in [0.2, 0.25) is 10.2 Å². The third kappa shape index (κ3) is 3.48. The third-order valence-electron chi connectivity index (χ3n) is 2.73. The van der Waals surface area contributed by atoms with Crippen LogP contribution in [-0.2, 0) is 0 Å². The summed E-state index contributed by atoms with van der Waals surface area (Å²) in [6, 6.07) is 6.05. The highest BCUT2D eigenvalue weighted by Gasteiger charge is 2.21. The molecule has 0 unspecified atom stereocenters. The lowest BCUT2D eigenvalue weighted by molar-refractivity contribution is -0.385. The molecule has 21 heavy (non-hydrogen) atoms. The average molecular weight is 326 g/mol. The molecule has 0 radical (unpaired) electrons. The van der Waals surface area contributed by atoms with Gasteiger partial charge in [0, 0.05) is 10.7 Å². The lowest BCUT2D eigenvalue weighted by Gasteiger charge is -2.09. The van der Waals surface area contributed by atoms with Gasteiger partial charge in [0.05, 0.1) is 4.92 Å². The molecule has 0 aliphatic rings. The lowest BCUT2D eigenvalue weighted by Crippen LogP contribution is -2.15. The Morgan fingerprint density at radius 3 is 2.67 bits per heavy atom. The molecule has 6 nitrogen and oxygen atoms in total. The van der Waals surface area contributed by atoms with Gasteiger partial charge in [-0.2, -0.15) is 0 Å². The molecule has 0 bridgehead atoms. The molecule has 8 heteroatoms. The Bertz CT molecular complexity index is 735. The molecular formula is C13H9Cl2N3O3. The maximum Gasteiger partial charge on any atom is 0.300 e. The number of nitrogens with zero attached hydrogens (tertiary/aromatic N) is 2. The van der Waals surface area contributed by atoms with Crippen LogP contribution >= 0.6 is 23.2 Å². The first-order chi connectivity index (χ1) is 9.88. The number of hydrogen-bond acceptors (Lipinski definition) is 4. The highest BCUT2D eigenvalue weighted by atomic mass is 35.5. The molecule has 0 fully saturated rings. The molecule has 1 N–H and O–H groups in total. The minimum atomic E-state index is -0.688. The summed E-state index contributed by atoms with van der Waals surface area (Å²) in [5, 5.41) is 14.0. The van der Waals surface area contributed by atoms with Crippen LogP contribution in [-0.4, -0.2) is 15.8 Å². The Hall–Kier alpha value is -2.18. The van der Waals surface area contributed by atoms with Crippen molar-refractivity contribution < 1.29 is 9.72 Å². The number of benzene rings is 1. The molecule has 1 aromatic heterocycles. The fourth-order valence-corrected chi connectivity index (χ4v) is 2.09. The van der Waals surface area contributed by atoms with Crippen LogP contribution in [0, 0.1) is 17.0 Å². The second-order valence-corrected chi connectivity index (χ2v) is 5.02. The SMILES string of the molecule is Cc1cc(Cl)ccc1NC(=O)c1cc(Cl)ncc1[N+](=O)[O-]. The quantitative estimate of drug-likeness (QED) is 0.527. The van der Waals surface area contributed by atoms with E-state index < -0.39 is 16.5 Å². The van der Waals surface area contributed by atoms with E-state index in [4.69, 9.17) is 23.2 Å². The number of rotatable bonds is 3. The smallest absolute Gasteiger partial charge is 0.300 e.